The molecule has 0 heterocycles. The molecular formula is C14H12BrClFNO. The highest BCUT2D eigenvalue weighted by Gasteiger charge is 2.09. The topological polar surface area (TPSA) is 35.2 Å². The van der Waals surface area contributed by atoms with Crippen LogP contribution in [0.4, 0.5) is 4.39 Å². The SMILES string of the molecule is NCCc1ccc(Cl)cc1Oc1cc(Br)ccc1F. The number of ether oxygens (including phenoxy) is 1. The van der Waals surface area contributed by atoms with E-state index in [1.165, 1.54) is 6.07 Å². The van der Waals surface area contributed by atoms with E-state index in [-0.39, 0.29) is 5.75 Å². The van der Waals surface area contributed by atoms with Crippen molar-refractivity contribution in [3.05, 3.63) is 57.3 Å². The Morgan fingerprint density at radius 1 is 1.16 bits per heavy atom. The van der Waals surface area contributed by atoms with Gasteiger partial charge in [0, 0.05) is 9.50 Å². The van der Waals surface area contributed by atoms with Gasteiger partial charge in [-0.25, -0.2) is 4.39 Å². The Balaban J connectivity index is 2.36. The van der Waals surface area contributed by atoms with Gasteiger partial charge in [0.25, 0.3) is 0 Å². The second-order valence-corrected chi connectivity index (χ2v) is 5.32. The summed E-state index contributed by atoms with van der Waals surface area (Å²) in [7, 11) is 0. The monoisotopic (exact) mass is 343 g/mol. The van der Waals surface area contributed by atoms with Crippen LogP contribution in [0.1, 0.15) is 5.56 Å². The van der Waals surface area contributed by atoms with E-state index < -0.39 is 5.82 Å². The fourth-order valence-electron chi connectivity index (χ4n) is 1.66. The number of rotatable bonds is 4. The van der Waals surface area contributed by atoms with Crippen molar-refractivity contribution in [2.24, 2.45) is 5.73 Å². The number of nitrogens with two attached hydrogens (primary N) is 1. The molecule has 5 heteroatoms. The molecule has 2 rings (SSSR count). The highest BCUT2D eigenvalue weighted by molar-refractivity contribution is 9.10. The van der Waals surface area contributed by atoms with Gasteiger partial charge in [0.2, 0.25) is 0 Å². The molecule has 2 nitrogen and oxygen atoms in total. The Hall–Kier alpha value is -1.10. The van der Waals surface area contributed by atoms with Gasteiger partial charge in [-0.1, -0.05) is 33.6 Å². The Bertz CT molecular complexity index is 592. The zero-order valence-corrected chi connectivity index (χ0v) is 12.3. The molecule has 0 bridgehead atoms. The summed E-state index contributed by atoms with van der Waals surface area (Å²) in [5.74, 6) is 0.242. The minimum absolute atomic E-state index is 0.148. The lowest BCUT2D eigenvalue weighted by molar-refractivity contribution is 0.437. The Morgan fingerprint density at radius 2 is 1.95 bits per heavy atom. The van der Waals surface area contributed by atoms with Crippen LogP contribution in [0.25, 0.3) is 0 Å². The molecule has 2 aromatic carbocycles. The first-order valence-electron chi connectivity index (χ1n) is 5.71. The molecule has 2 aromatic rings. The average molecular weight is 345 g/mol. The molecule has 0 saturated heterocycles. The molecule has 19 heavy (non-hydrogen) atoms. The Kier molecular flexibility index (Phi) is 4.80. The third-order valence-electron chi connectivity index (χ3n) is 2.56. The highest BCUT2D eigenvalue weighted by atomic mass is 79.9. The maximum absolute atomic E-state index is 13.7. The lowest BCUT2D eigenvalue weighted by Gasteiger charge is -2.12. The van der Waals surface area contributed by atoms with E-state index in [2.05, 4.69) is 15.9 Å². The van der Waals surface area contributed by atoms with E-state index in [1.54, 1.807) is 24.3 Å². The standard InChI is InChI=1S/C14H12BrClFNO/c15-10-2-4-12(17)14(7-10)19-13-8-11(16)3-1-9(13)5-6-18/h1-4,7-8H,5-6,18H2. The molecule has 0 aromatic heterocycles. The van der Waals surface area contributed by atoms with Gasteiger partial charge in [-0.3, -0.25) is 0 Å². The predicted octanol–water partition coefficient (Wildman–Crippen LogP) is 4.54. The van der Waals surface area contributed by atoms with Crippen LogP contribution in [0.3, 0.4) is 0 Å². The van der Waals surface area contributed by atoms with Crippen LogP contribution in [0, 0.1) is 5.82 Å². The maximum Gasteiger partial charge on any atom is 0.165 e. The molecular weight excluding hydrogens is 333 g/mol. The molecule has 2 N–H and O–H groups in total. The normalized spacial score (nSPS) is 10.5. The number of benzene rings is 2. The Labute approximate surface area is 124 Å². The average Bonchev–Trinajstić information content (AvgIpc) is 2.37. The summed E-state index contributed by atoms with van der Waals surface area (Å²) in [5.41, 5.74) is 6.44. The molecule has 0 aliphatic rings. The Morgan fingerprint density at radius 3 is 2.68 bits per heavy atom. The lowest BCUT2D eigenvalue weighted by Crippen LogP contribution is -2.04. The molecule has 0 fully saturated rings. The molecule has 0 aliphatic heterocycles. The van der Waals surface area contributed by atoms with Crippen molar-refractivity contribution >= 4 is 27.5 Å². The number of halogens is 3. The van der Waals surface area contributed by atoms with Crippen LogP contribution >= 0.6 is 27.5 Å². The largest absolute Gasteiger partial charge is 0.454 e. The van der Waals surface area contributed by atoms with Crippen LogP contribution < -0.4 is 10.5 Å². The van der Waals surface area contributed by atoms with Crippen molar-refractivity contribution in [1.82, 2.24) is 0 Å². The van der Waals surface area contributed by atoms with Crippen molar-refractivity contribution in [1.29, 1.82) is 0 Å². The van der Waals surface area contributed by atoms with Gasteiger partial charge in [0.15, 0.2) is 11.6 Å². The second kappa shape index (κ2) is 6.37. The maximum atomic E-state index is 13.7. The van der Waals surface area contributed by atoms with Gasteiger partial charge in [-0.2, -0.15) is 0 Å². The predicted molar refractivity (Wildman–Crippen MR) is 78.4 cm³/mol. The first kappa shape index (κ1) is 14.3. The summed E-state index contributed by atoms with van der Waals surface area (Å²) in [4.78, 5) is 0. The van der Waals surface area contributed by atoms with Gasteiger partial charge >= 0.3 is 0 Å². The minimum atomic E-state index is -0.429. The molecule has 0 aliphatic carbocycles. The van der Waals surface area contributed by atoms with Crippen molar-refractivity contribution in [3.63, 3.8) is 0 Å². The quantitative estimate of drug-likeness (QED) is 0.884. The van der Waals surface area contributed by atoms with E-state index in [0.29, 0.717) is 23.7 Å². The van der Waals surface area contributed by atoms with Crippen LogP contribution in [-0.4, -0.2) is 6.54 Å². The molecule has 0 unspecified atom stereocenters. The first-order valence-corrected chi connectivity index (χ1v) is 6.88. The third-order valence-corrected chi connectivity index (χ3v) is 3.28. The van der Waals surface area contributed by atoms with E-state index in [9.17, 15) is 4.39 Å². The minimum Gasteiger partial charge on any atom is -0.454 e. The van der Waals surface area contributed by atoms with Gasteiger partial charge < -0.3 is 10.5 Å². The summed E-state index contributed by atoms with van der Waals surface area (Å²) >= 11 is 9.22. The van der Waals surface area contributed by atoms with Crippen LogP contribution in [0.15, 0.2) is 40.9 Å². The fraction of sp³-hybridized carbons (Fsp3) is 0.143. The smallest absolute Gasteiger partial charge is 0.165 e. The number of hydrogen-bond acceptors (Lipinski definition) is 2. The van der Waals surface area contributed by atoms with E-state index in [1.807, 2.05) is 6.07 Å². The van der Waals surface area contributed by atoms with Crippen LogP contribution in [-0.2, 0) is 6.42 Å². The second-order valence-electron chi connectivity index (χ2n) is 3.97. The van der Waals surface area contributed by atoms with Gasteiger partial charge in [-0.15, -0.1) is 0 Å². The molecule has 0 saturated carbocycles. The van der Waals surface area contributed by atoms with E-state index in [4.69, 9.17) is 22.1 Å². The summed E-state index contributed by atoms with van der Waals surface area (Å²) < 4.78 is 20.0. The van der Waals surface area contributed by atoms with Crippen molar-refractivity contribution in [2.45, 2.75) is 6.42 Å². The van der Waals surface area contributed by atoms with Gasteiger partial charge in [0.1, 0.15) is 5.75 Å². The van der Waals surface area contributed by atoms with Gasteiger partial charge in [-0.05, 0) is 48.9 Å². The van der Waals surface area contributed by atoms with Crippen molar-refractivity contribution < 1.29 is 9.13 Å². The number of hydrogen-bond donors (Lipinski definition) is 1. The van der Waals surface area contributed by atoms with Crippen molar-refractivity contribution in [3.8, 4) is 11.5 Å². The van der Waals surface area contributed by atoms with Crippen molar-refractivity contribution in [2.75, 3.05) is 6.54 Å². The summed E-state index contributed by atoms with van der Waals surface area (Å²) in [6.07, 6.45) is 0.641. The highest BCUT2D eigenvalue weighted by Crippen LogP contribution is 2.31. The zero-order chi connectivity index (χ0) is 13.8. The fourth-order valence-corrected chi connectivity index (χ4v) is 2.16. The molecule has 100 valence electrons. The molecule has 0 spiro atoms. The van der Waals surface area contributed by atoms with E-state index >= 15 is 0 Å². The summed E-state index contributed by atoms with van der Waals surface area (Å²) in [6.45, 7) is 0.485. The van der Waals surface area contributed by atoms with Crippen LogP contribution in [0.2, 0.25) is 5.02 Å². The molecule has 0 amide bonds. The third kappa shape index (κ3) is 3.69. The summed E-state index contributed by atoms with van der Waals surface area (Å²) in [5, 5.41) is 0.533. The molecule has 0 atom stereocenters. The molecule has 0 radical (unpaired) electrons. The van der Waals surface area contributed by atoms with Crippen LogP contribution in [0.5, 0.6) is 11.5 Å². The lowest BCUT2D eigenvalue weighted by atomic mass is 10.1. The zero-order valence-electron chi connectivity index (χ0n) is 10.00. The summed E-state index contributed by atoms with van der Waals surface area (Å²) in [6, 6.07) is 9.78. The first-order chi connectivity index (χ1) is 9.10. The van der Waals surface area contributed by atoms with E-state index in [0.717, 1.165) is 10.0 Å². The van der Waals surface area contributed by atoms with Gasteiger partial charge in [0.05, 0.1) is 0 Å².